The molecule has 1 aliphatic carbocycles. The first kappa shape index (κ1) is 15.3. The van der Waals surface area contributed by atoms with E-state index < -0.39 is 0 Å². The molecule has 0 saturated heterocycles. The average molecular weight is 292 g/mol. The third-order valence-corrected chi connectivity index (χ3v) is 5.83. The molecule has 0 aliphatic heterocycles. The maximum atomic E-state index is 2.44. The summed E-state index contributed by atoms with van der Waals surface area (Å²) < 4.78 is 0. The standard InChI is InChI=1S/C22H28/c1-16-8-10-20(14-18(16)3)22(12-6-5-7-13-22)21-11-9-17(2)19(4)15-21/h8-11,14-15H,5-7,12-13H2,1-4H3. The Kier molecular flexibility index (Phi) is 4.12. The molecule has 0 amide bonds. The van der Waals surface area contributed by atoms with Gasteiger partial charge in [-0.1, -0.05) is 55.7 Å². The number of hydrogen-bond acceptors (Lipinski definition) is 0. The topological polar surface area (TPSA) is 0 Å². The molecule has 0 aromatic heterocycles. The summed E-state index contributed by atoms with van der Waals surface area (Å²) in [4.78, 5) is 0. The molecule has 116 valence electrons. The van der Waals surface area contributed by atoms with Crippen LogP contribution in [0.15, 0.2) is 36.4 Å². The van der Waals surface area contributed by atoms with E-state index in [-0.39, 0.29) is 5.41 Å². The molecule has 0 spiro atoms. The summed E-state index contributed by atoms with van der Waals surface area (Å²) in [6, 6.07) is 14.3. The molecule has 0 nitrogen and oxygen atoms in total. The van der Waals surface area contributed by atoms with Crippen molar-refractivity contribution in [2.75, 3.05) is 0 Å². The molecule has 0 atom stereocenters. The summed E-state index contributed by atoms with van der Waals surface area (Å²) in [5, 5.41) is 0. The van der Waals surface area contributed by atoms with Gasteiger partial charge >= 0.3 is 0 Å². The van der Waals surface area contributed by atoms with E-state index in [0.29, 0.717) is 0 Å². The minimum Gasteiger partial charge on any atom is -0.0588 e. The van der Waals surface area contributed by atoms with Gasteiger partial charge in [0.05, 0.1) is 0 Å². The predicted octanol–water partition coefficient (Wildman–Crippen LogP) is 6.17. The summed E-state index contributed by atoms with van der Waals surface area (Å²) in [7, 11) is 0. The van der Waals surface area contributed by atoms with Gasteiger partial charge in [-0.3, -0.25) is 0 Å². The second kappa shape index (κ2) is 5.91. The van der Waals surface area contributed by atoms with Gasteiger partial charge in [-0.25, -0.2) is 0 Å². The normalized spacial score (nSPS) is 17.5. The largest absolute Gasteiger partial charge is 0.0588 e. The Morgan fingerprint density at radius 2 is 1.05 bits per heavy atom. The van der Waals surface area contributed by atoms with Crippen molar-refractivity contribution in [3.63, 3.8) is 0 Å². The van der Waals surface area contributed by atoms with Crippen molar-refractivity contribution in [1.82, 2.24) is 0 Å². The molecule has 2 aromatic carbocycles. The molecule has 1 saturated carbocycles. The Balaban J connectivity index is 2.15. The molecule has 0 N–H and O–H groups in total. The highest BCUT2D eigenvalue weighted by Gasteiger charge is 2.35. The SMILES string of the molecule is Cc1ccc(C2(c3ccc(C)c(C)c3)CCCCC2)cc1C. The van der Waals surface area contributed by atoms with Crippen LogP contribution in [0, 0.1) is 27.7 Å². The van der Waals surface area contributed by atoms with Gasteiger partial charge in [0.15, 0.2) is 0 Å². The van der Waals surface area contributed by atoms with E-state index in [9.17, 15) is 0 Å². The van der Waals surface area contributed by atoms with E-state index in [4.69, 9.17) is 0 Å². The summed E-state index contributed by atoms with van der Waals surface area (Å²) in [6.07, 6.45) is 6.66. The van der Waals surface area contributed by atoms with Crippen LogP contribution in [0.1, 0.15) is 65.5 Å². The minimum absolute atomic E-state index is 0.231. The van der Waals surface area contributed by atoms with Crippen LogP contribution in [0.4, 0.5) is 0 Å². The lowest BCUT2D eigenvalue weighted by atomic mass is 9.64. The first-order valence-corrected chi connectivity index (χ1v) is 8.68. The van der Waals surface area contributed by atoms with E-state index in [0.717, 1.165) is 0 Å². The molecular formula is C22H28. The summed E-state index contributed by atoms with van der Waals surface area (Å²) >= 11 is 0. The van der Waals surface area contributed by atoms with Gasteiger partial charge in [0.2, 0.25) is 0 Å². The third kappa shape index (κ3) is 2.60. The molecule has 0 heteroatoms. The van der Waals surface area contributed by atoms with E-state index >= 15 is 0 Å². The fourth-order valence-corrected chi connectivity index (χ4v) is 3.98. The molecule has 2 aromatic rings. The first-order valence-electron chi connectivity index (χ1n) is 8.68. The number of hydrogen-bond donors (Lipinski definition) is 0. The molecule has 3 rings (SSSR count). The Morgan fingerprint density at radius 3 is 1.45 bits per heavy atom. The van der Waals surface area contributed by atoms with Crippen LogP contribution in [-0.4, -0.2) is 0 Å². The molecule has 22 heavy (non-hydrogen) atoms. The second-order valence-corrected chi connectivity index (χ2v) is 7.24. The molecule has 0 heterocycles. The van der Waals surface area contributed by atoms with Crippen LogP contribution in [0.25, 0.3) is 0 Å². The molecule has 0 unspecified atom stereocenters. The summed E-state index contributed by atoms with van der Waals surface area (Å²) in [5.41, 5.74) is 8.93. The maximum absolute atomic E-state index is 2.44. The van der Waals surface area contributed by atoms with Gasteiger partial charge < -0.3 is 0 Å². The van der Waals surface area contributed by atoms with Crippen molar-refractivity contribution in [2.45, 2.75) is 65.2 Å². The highest BCUT2D eigenvalue weighted by molar-refractivity contribution is 5.45. The van der Waals surface area contributed by atoms with Gasteiger partial charge in [0.1, 0.15) is 0 Å². The molecular weight excluding hydrogens is 264 g/mol. The van der Waals surface area contributed by atoms with Crippen molar-refractivity contribution in [1.29, 1.82) is 0 Å². The Hall–Kier alpha value is -1.56. The quantitative estimate of drug-likeness (QED) is 0.621. The van der Waals surface area contributed by atoms with Gasteiger partial charge in [-0.15, -0.1) is 0 Å². The van der Waals surface area contributed by atoms with Crippen molar-refractivity contribution in [3.05, 3.63) is 69.8 Å². The van der Waals surface area contributed by atoms with Gasteiger partial charge in [0, 0.05) is 5.41 Å². The molecule has 1 aliphatic rings. The fourth-order valence-electron chi connectivity index (χ4n) is 3.98. The van der Waals surface area contributed by atoms with Crippen LogP contribution in [-0.2, 0) is 5.41 Å². The monoisotopic (exact) mass is 292 g/mol. The van der Waals surface area contributed by atoms with Crippen LogP contribution in [0.5, 0.6) is 0 Å². The smallest absolute Gasteiger partial charge is 0.0203 e. The highest BCUT2D eigenvalue weighted by Crippen LogP contribution is 2.45. The molecule has 0 bridgehead atoms. The Morgan fingerprint density at radius 1 is 0.591 bits per heavy atom. The van der Waals surface area contributed by atoms with Crippen molar-refractivity contribution >= 4 is 0 Å². The second-order valence-electron chi connectivity index (χ2n) is 7.24. The highest BCUT2D eigenvalue weighted by atomic mass is 14.4. The summed E-state index contributed by atoms with van der Waals surface area (Å²) in [6.45, 7) is 8.91. The zero-order valence-electron chi connectivity index (χ0n) is 14.5. The zero-order valence-corrected chi connectivity index (χ0v) is 14.5. The van der Waals surface area contributed by atoms with E-state index in [1.807, 2.05) is 0 Å². The van der Waals surface area contributed by atoms with Crippen LogP contribution >= 0.6 is 0 Å². The first-order chi connectivity index (χ1) is 10.5. The zero-order chi connectivity index (χ0) is 15.7. The maximum Gasteiger partial charge on any atom is 0.0203 e. The van der Waals surface area contributed by atoms with Crippen LogP contribution in [0.3, 0.4) is 0 Å². The average Bonchev–Trinajstić information content (AvgIpc) is 2.53. The van der Waals surface area contributed by atoms with Crippen LogP contribution in [0.2, 0.25) is 0 Å². The van der Waals surface area contributed by atoms with Gasteiger partial charge in [0.25, 0.3) is 0 Å². The van der Waals surface area contributed by atoms with Gasteiger partial charge in [-0.05, 0) is 73.9 Å². The Bertz CT molecular complexity index is 619. The van der Waals surface area contributed by atoms with Crippen LogP contribution < -0.4 is 0 Å². The lowest BCUT2D eigenvalue weighted by molar-refractivity contribution is 0.345. The van der Waals surface area contributed by atoms with Crippen molar-refractivity contribution in [3.8, 4) is 0 Å². The molecule has 0 radical (unpaired) electrons. The lowest BCUT2D eigenvalue weighted by Crippen LogP contribution is -2.30. The van der Waals surface area contributed by atoms with Crippen molar-refractivity contribution in [2.24, 2.45) is 0 Å². The number of rotatable bonds is 2. The fraction of sp³-hybridized carbons (Fsp3) is 0.455. The lowest BCUT2D eigenvalue weighted by Gasteiger charge is -2.39. The Labute approximate surface area is 135 Å². The van der Waals surface area contributed by atoms with Crippen molar-refractivity contribution < 1.29 is 0 Å². The van der Waals surface area contributed by atoms with E-state index in [1.165, 1.54) is 65.5 Å². The number of aryl methyl sites for hydroxylation is 4. The van der Waals surface area contributed by atoms with E-state index in [2.05, 4.69) is 64.1 Å². The number of benzene rings is 2. The summed E-state index contributed by atoms with van der Waals surface area (Å²) in [5.74, 6) is 0. The third-order valence-electron chi connectivity index (χ3n) is 5.83. The minimum atomic E-state index is 0.231. The molecule has 1 fully saturated rings. The van der Waals surface area contributed by atoms with E-state index in [1.54, 1.807) is 0 Å². The predicted molar refractivity (Wildman–Crippen MR) is 95.7 cm³/mol. The van der Waals surface area contributed by atoms with Gasteiger partial charge in [-0.2, -0.15) is 0 Å².